The predicted molar refractivity (Wildman–Crippen MR) is 105 cm³/mol. The van der Waals surface area contributed by atoms with Crippen molar-refractivity contribution < 1.29 is 19.2 Å². The van der Waals surface area contributed by atoms with Crippen molar-refractivity contribution in [1.29, 1.82) is 0 Å². The lowest BCUT2D eigenvalue weighted by atomic mass is 9.84. The molecule has 156 valence electrons. The summed E-state index contributed by atoms with van der Waals surface area (Å²) in [6.45, 7) is 5.82. The Bertz CT molecular complexity index is 501. The molecule has 2 rings (SSSR count). The first-order chi connectivity index (χ1) is 13.2. The molecule has 27 heavy (non-hydrogen) atoms. The molecule has 1 fully saturated rings. The summed E-state index contributed by atoms with van der Waals surface area (Å²) in [6, 6.07) is 0. The van der Waals surface area contributed by atoms with Crippen LogP contribution < -0.4 is 5.32 Å². The molecule has 0 unspecified atom stereocenters. The van der Waals surface area contributed by atoms with E-state index in [9.17, 15) is 9.90 Å². The second kappa shape index (κ2) is 14.6. The first kappa shape index (κ1) is 23.6. The van der Waals surface area contributed by atoms with Gasteiger partial charge in [0.2, 0.25) is 5.89 Å². The first-order valence-electron chi connectivity index (χ1n) is 10.4. The van der Waals surface area contributed by atoms with Crippen LogP contribution in [0.5, 0.6) is 0 Å². The maximum absolute atomic E-state index is 11.2. The van der Waals surface area contributed by atoms with E-state index in [0.717, 1.165) is 18.8 Å². The molecule has 0 bridgehead atoms. The van der Waals surface area contributed by atoms with Crippen LogP contribution >= 0.6 is 0 Å². The third-order valence-corrected chi connectivity index (χ3v) is 4.91. The van der Waals surface area contributed by atoms with Crippen molar-refractivity contribution in [2.24, 2.45) is 5.92 Å². The topological polar surface area (TPSA) is 97.5 Å². The van der Waals surface area contributed by atoms with E-state index < -0.39 is 5.97 Å². The van der Waals surface area contributed by atoms with E-state index in [-0.39, 0.29) is 12.3 Å². The van der Waals surface area contributed by atoms with E-state index in [2.05, 4.69) is 15.5 Å². The van der Waals surface area contributed by atoms with Crippen LogP contribution in [0.2, 0.25) is 0 Å². The average Bonchev–Trinajstić information content (AvgIpc) is 3.15. The lowest BCUT2D eigenvalue weighted by Crippen LogP contribution is -2.19. The number of rotatable bonds is 12. The van der Waals surface area contributed by atoms with Gasteiger partial charge in [-0.3, -0.25) is 4.79 Å². The molecule has 2 N–H and O–H groups in total. The molecule has 0 amide bonds. The number of hydrogen-bond acceptors (Lipinski definition) is 6. The smallest absolute Gasteiger partial charge is 0.304 e. The molecule has 0 radical (unpaired) electrons. The molecule has 0 spiro atoms. The van der Waals surface area contributed by atoms with Gasteiger partial charge >= 0.3 is 5.97 Å². The molecule has 1 saturated carbocycles. The van der Waals surface area contributed by atoms with Crippen LogP contribution in [-0.2, 0) is 16.1 Å². The van der Waals surface area contributed by atoms with Crippen molar-refractivity contribution in [3.8, 4) is 0 Å². The zero-order chi connectivity index (χ0) is 19.9. The van der Waals surface area contributed by atoms with Crippen LogP contribution in [0.15, 0.2) is 4.52 Å². The SMILES string of the molecule is CC.COCCNCc1noc([C@H](CCCC2CCCCC2)CC(=O)O)n1. The molecule has 0 aliphatic heterocycles. The zero-order valence-electron chi connectivity index (χ0n) is 17.2. The number of ether oxygens (including phenoxy) is 1. The van der Waals surface area contributed by atoms with Crippen LogP contribution in [0.25, 0.3) is 0 Å². The first-order valence-corrected chi connectivity index (χ1v) is 10.4. The van der Waals surface area contributed by atoms with Crippen molar-refractivity contribution in [2.75, 3.05) is 20.3 Å². The van der Waals surface area contributed by atoms with Gasteiger partial charge in [0.15, 0.2) is 5.82 Å². The number of nitrogens with one attached hydrogen (secondary N) is 1. The van der Waals surface area contributed by atoms with Gasteiger partial charge in [0.25, 0.3) is 0 Å². The van der Waals surface area contributed by atoms with Gasteiger partial charge in [-0.1, -0.05) is 63.9 Å². The highest BCUT2D eigenvalue weighted by Crippen LogP contribution is 2.31. The van der Waals surface area contributed by atoms with E-state index >= 15 is 0 Å². The lowest BCUT2D eigenvalue weighted by Gasteiger charge is -2.21. The highest BCUT2D eigenvalue weighted by Gasteiger charge is 2.23. The Labute approximate surface area is 163 Å². The third kappa shape index (κ3) is 9.86. The summed E-state index contributed by atoms with van der Waals surface area (Å²) in [5.41, 5.74) is 0. The van der Waals surface area contributed by atoms with Crippen LogP contribution in [0, 0.1) is 5.92 Å². The Morgan fingerprint density at radius 3 is 2.74 bits per heavy atom. The molecular weight excluding hydrogens is 346 g/mol. The summed E-state index contributed by atoms with van der Waals surface area (Å²) >= 11 is 0. The maximum Gasteiger partial charge on any atom is 0.304 e. The normalized spacial score (nSPS) is 15.8. The lowest BCUT2D eigenvalue weighted by molar-refractivity contribution is -0.137. The Morgan fingerprint density at radius 2 is 2.07 bits per heavy atom. The van der Waals surface area contributed by atoms with Gasteiger partial charge in [-0.2, -0.15) is 4.98 Å². The highest BCUT2D eigenvalue weighted by atomic mass is 16.5. The fraction of sp³-hybridized carbons (Fsp3) is 0.850. The minimum Gasteiger partial charge on any atom is -0.481 e. The van der Waals surface area contributed by atoms with Crippen LogP contribution in [0.4, 0.5) is 0 Å². The number of aliphatic carboxylic acids is 1. The summed E-state index contributed by atoms with van der Waals surface area (Å²) < 4.78 is 10.3. The van der Waals surface area contributed by atoms with Crippen molar-refractivity contribution in [3.63, 3.8) is 0 Å². The summed E-state index contributed by atoms with van der Waals surface area (Å²) in [4.78, 5) is 15.6. The van der Waals surface area contributed by atoms with E-state index in [4.69, 9.17) is 9.26 Å². The Morgan fingerprint density at radius 1 is 1.33 bits per heavy atom. The van der Waals surface area contributed by atoms with E-state index in [1.807, 2.05) is 13.8 Å². The van der Waals surface area contributed by atoms with Crippen molar-refractivity contribution >= 4 is 5.97 Å². The predicted octanol–water partition coefficient (Wildman–Crippen LogP) is 4.14. The highest BCUT2D eigenvalue weighted by molar-refractivity contribution is 5.67. The van der Waals surface area contributed by atoms with E-state index in [1.165, 1.54) is 38.5 Å². The number of carboxylic acid groups (broad SMARTS) is 1. The monoisotopic (exact) mass is 383 g/mol. The number of aromatic nitrogens is 2. The molecule has 1 aliphatic carbocycles. The van der Waals surface area contributed by atoms with Crippen LogP contribution in [0.3, 0.4) is 0 Å². The van der Waals surface area contributed by atoms with Crippen molar-refractivity contribution in [3.05, 3.63) is 11.7 Å². The fourth-order valence-corrected chi connectivity index (χ4v) is 3.53. The molecule has 7 nitrogen and oxygen atoms in total. The summed E-state index contributed by atoms with van der Waals surface area (Å²) in [5, 5.41) is 16.3. The third-order valence-electron chi connectivity index (χ3n) is 4.91. The summed E-state index contributed by atoms with van der Waals surface area (Å²) in [6.07, 6.45) is 9.72. The van der Waals surface area contributed by atoms with Gasteiger partial charge < -0.3 is 19.7 Å². The molecular formula is C20H37N3O4. The van der Waals surface area contributed by atoms with E-state index in [1.54, 1.807) is 7.11 Å². The Hall–Kier alpha value is -1.47. The molecule has 0 saturated heterocycles. The van der Waals surface area contributed by atoms with Gasteiger partial charge in [-0.25, -0.2) is 0 Å². The average molecular weight is 384 g/mol. The molecule has 7 heteroatoms. The minimum atomic E-state index is -0.819. The second-order valence-corrected chi connectivity index (χ2v) is 6.95. The van der Waals surface area contributed by atoms with Crippen molar-refractivity contribution in [1.82, 2.24) is 15.5 Å². The summed E-state index contributed by atoms with van der Waals surface area (Å²) in [5.74, 6) is 0.813. The summed E-state index contributed by atoms with van der Waals surface area (Å²) in [7, 11) is 1.65. The maximum atomic E-state index is 11.2. The molecule has 1 atom stereocenters. The standard InChI is InChI=1S/C18H31N3O4.C2H6/c1-24-11-10-19-13-16-20-18(25-21-16)15(12-17(22)23)9-5-8-14-6-3-2-4-7-14;1-2/h14-15,19H,2-13H2,1H3,(H,22,23);1-2H3/t15-;/m1./s1. The largest absolute Gasteiger partial charge is 0.481 e. The number of carbonyl (C=O) groups is 1. The zero-order valence-corrected chi connectivity index (χ0v) is 17.2. The Kier molecular flexibility index (Phi) is 12.7. The van der Waals surface area contributed by atoms with Crippen LogP contribution in [0.1, 0.15) is 89.3 Å². The number of nitrogens with zero attached hydrogens (tertiary/aromatic N) is 2. The second-order valence-electron chi connectivity index (χ2n) is 6.95. The van der Waals surface area contributed by atoms with Gasteiger partial charge in [0.1, 0.15) is 0 Å². The van der Waals surface area contributed by atoms with Gasteiger partial charge in [0.05, 0.1) is 19.6 Å². The van der Waals surface area contributed by atoms with Gasteiger partial charge in [-0.15, -0.1) is 0 Å². The number of carboxylic acids is 1. The van der Waals surface area contributed by atoms with Gasteiger partial charge in [-0.05, 0) is 12.3 Å². The molecule has 0 aromatic carbocycles. The molecule has 1 aliphatic rings. The molecule has 1 heterocycles. The number of hydrogen-bond donors (Lipinski definition) is 2. The van der Waals surface area contributed by atoms with E-state index in [0.29, 0.717) is 31.4 Å². The quantitative estimate of drug-likeness (QED) is 0.523. The Balaban J connectivity index is 0.00000176. The fourth-order valence-electron chi connectivity index (χ4n) is 3.53. The van der Waals surface area contributed by atoms with Gasteiger partial charge in [0, 0.05) is 19.6 Å². The number of methoxy groups -OCH3 is 1. The molecule has 1 aromatic rings. The minimum absolute atomic E-state index is 0.0450. The van der Waals surface area contributed by atoms with Crippen molar-refractivity contribution in [2.45, 2.75) is 84.1 Å². The molecule has 1 aromatic heterocycles. The van der Waals surface area contributed by atoms with Crippen LogP contribution in [-0.4, -0.2) is 41.5 Å².